The molecular weight excluding hydrogens is 384 g/mol. The van der Waals surface area contributed by atoms with Gasteiger partial charge in [-0.15, -0.1) is 11.3 Å². The Morgan fingerprint density at radius 3 is 2.26 bits per heavy atom. The average Bonchev–Trinajstić information content (AvgIpc) is 3.20. The van der Waals surface area contributed by atoms with Crippen molar-refractivity contribution in [1.82, 2.24) is 4.90 Å². The van der Waals surface area contributed by atoms with E-state index in [1.165, 1.54) is 23.5 Å². The van der Waals surface area contributed by atoms with E-state index >= 15 is 0 Å². The van der Waals surface area contributed by atoms with E-state index in [-0.39, 0.29) is 22.6 Å². The molecule has 0 saturated carbocycles. The van der Waals surface area contributed by atoms with Crippen molar-refractivity contribution >= 4 is 38.7 Å². The third-order valence-corrected chi connectivity index (χ3v) is 6.83. The molecule has 0 radical (unpaired) electrons. The first-order chi connectivity index (χ1) is 12.8. The zero-order valence-electron chi connectivity index (χ0n) is 15.3. The van der Waals surface area contributed by atoms with Crippen LogP contribution in [0.3, 0.4) is 0 Å². The zero-order chi connectivity index (χ0) is 19.6. The summed E-state index contributed by atoms with van der Waals surface area (Å²) in [6, 6.07) is 9.98. The monoisotopic (exact) mass is 406 g/mol. The number of rotatable bonds is 4. The maximum Gasteiger partial charge on any atom is 0.263 e. The van der Waals surface area contributed by atoms with Gasteiger partial charge in [-0.1, -0.05) is 6.07 Å². The van der Waals surface area contributed by atoms with E-state index in [1.807, 2.05) is 17.5 Å². The molecular formula is C19H22N2O4S2. The summed E-state index contributed by atoms with van der Waals surface area (Å²) in [7, 11) is -1.56. The van der Waals surface area contributed by atoms with Gasteiger partial charge in [0.05, 0.1) is 9.77 Å². The lowest BCUT2D eigenvalue weighted by atomic mass is 9.95. The molecule has 0 unspecified atom stereocenters. The molecule has 27 heavy (non-hydrogen) atoms. The van der Waals surface area contributed by atoms with E-state index in [2.05, 4.69) is 0 Å². The molecule has 1 fully saturated rings. The summed E-state index contributed by atoms with van der Waals surface area (Å²) >= 11 is 1.43. The van der Waals surface area contributed by atoms with E-state index in [9.17, 15) is 18.0 Å². The highest BCUT2D eigenvalue weighted by Crippen LogP contribution is 2.25. The minimum atomic E-state index is -3.26. The second-order valence-corrected chi connectivity index (χ2v) is 9.67. The Kier molecular flexibility index (Phi) is 5.67. The van der Waals surface area contributed by atoms with Crippen LogP contribution in [0.25, 0.3) is 0 Å². The van der Waals surface area contributed by atoms with Crippen LogP contribution in [-0.2, 0) is 14.6 Å². The zero-order valence-corrected chi connectivity index (χ0v) is 16.9. The van der Waals surface area contributed by atoms with Crippen molar-refractivity contribution in [3.63, 3.8) is 0 Å². The van der Waals surface area contributed by atoms with Gasteiger partial charge in [-0.05, 0) is 48.6 Å². The van der Waals surface area contributed by atoms with Crippen molar-refractivity contribution in [2.45, 2.75) is 17.7 Å². The summed E-state index contributed by atoms with van der Waals surface area (Å²) in [4.78, 5) is 29.5. The van der Waals surface area contributed by atoms with E-state index in [4.69, 9.17) is 0 Å². The van der Waals surface area contributed by atoms with Gasteiger partial charge in [0.2, 0.25) is 5.91 Å². The van der Waals surface area contributed by atoms with Crippen LogP contribution in [0.5, 0.6) is 0 Å². The lowest BCUT2D eigenvalue weighted by Crippen LogP contribution is -2.43. The maximum atomic E-state index is 12.8. The molecule has 8 heteroatoms. The summed E-state index contributed by atoms with van der Waals surface area (Å²) in [6.07, 6.45) is 2.41. The van der Waals surface area contributed by atoms with Crippen LogP contribution in [0.15, 0.2) is 46.7 Å². The fourth-order valence-electron chi connectivity index (χ4n) is 3.20. The number of hydrogen-bond acceptors (Lipinski definition) is 5. The van der Waals surface area contributed by atoms with Gasteiger partial charge in [0, 0.05) is 38.0 Å². The smallest absolute Gasteiger partial charge is 0.263 e. The summed E-state index contributed by atoms with van der Waals surface area (Å²) < 4.78 is 23.1. The highest BCUT2D eigenvalue weighted by atomic mass is 32.2. The minimum absolute atomic E-state index is 0.00896. The van der Waals surface area contributed by atoms with Crippen molar-refractivity contribution < 1.29 is 18.0 Å². The summed E-state index contributed by atoms with van der Waals surface area (Å²) in [5, 5.41) is 1.88. The highest BCUT2D eigenvalue weighted by Gasteiger charge is 2.30. The summed E-state index contributed by atoms with van der Waals surface area (Å²) in [6.45, 7) is 1.13. The van der Waals surface area contributed by atoms with Crippen molar-refractivity contribution in [3.8, 4) is 0 Å². The highest BCUT2D eigenvalue weighted by molar-refractivity contribution is 7.90. The second kappa shape index (κ2) is 7.82. The number of benzene rings is 1. The number of amides is 2. The molecule has 0 atom stereocenters. The lowest BCUT2D eigenvalue weighted by Gasteiger charge is -2.33. The number of nitrogens with zero attached hydrogens (tertiary/aromatic N) is 2. The molecule has 2 aromatic rings. The standard InChI is InChI=1S/C19H22N2O4S2/c1-20(15-5-7-16(8-6-15)27(2,24)25)18(22)14-9-11-21(12-10-14)19(23)17-4-3-13-26-17/h3-8,13-14H,9-12H2,1-2H3. The molecule has 0 N–H and O–H groups in total. The van der Waals surface area contributed by atoms with E-state index in [1.54, 1.807) is 29.0 Å². The van der Waals surface area contributed by atoms with Crippen molar-refractivity contribution in [1.29, 1.82) is 0 Å². The normalized spacial score (nSPS) is 15.6. The second-order valence-electron chi connectivity index (χ2n) is 6.71. The Hall–Kier alpha value is -2.19. The fraction of sp³-hybridized carbons (Fsp3) is 0.368. The van der Waals surface area contributed by atoms with Gasteiger partial charge in [0.15, 0.2) is 9.84 Å². The largest absolute Gasteiger partial charge is 0.338 e. The third kappa shape index (κ3) is 4.39. The maximum absolute atomic E-state index is 12.8. The van der Waals surface area contributed by atoms with Gasteiger partial charge >= 0.3 is 0 Å². The molecule has 1 aliphatic rings. The molecule has 6 nitrogen and oxygen atoms in total. The summed E-state index contributed by atoms with van der Waals surface area (Å²) in [5.41, 5.74) is 0.657. The van der Waals surface area contributed by atoms with E-state index < -0.39 is 9.84 Å². The number of sulfone groups is 1. The number of piperidine rings is 1. The number of hydrogen-bond donors (Lipinski definition) is 0. The molecule has 1 aliphatic heterocycles. The van der Waals surface area contributed by atoms with E-state index in [0.29, 0.717) is 31.6 Å². The molecule has 2 heterocycles. The van der Waals surface area contributed by atoms with Crippen molar-refractivity contribution in [3.05, 3.63) is 46.7 Å². The molecule has 3 rings (SSSR count). The van der Waals surface area contributed by atoms with Gasteiger partial charge in [0.1, 0.15) is 0 Å². The summed E-state index contributed by atoms with van der Waals surface area (Å²) in [5.74, 6) is -0.122. The molecule has 0 spiro atoms. The first-order valence-corrected chi connectivity index (χ1v) is 11.4. The number of likely N-dealkylation sites (tertiary alicyclic amines) is 1. The topological polar surface area (TPSA) is 74.8 Å². The van der Waals surface area contributed by atoms with Crippen LogP contribution in [0.1, 0.15) is 22.5 Å². The lowest BCUT2D eigenvalue weighted by molar-refractivity contribution is -0.123. The molecule has 1 aromatic carbocycles. The number of carbonyl (C=O) groups is 2. The first kappa shape index (κ1) is 19.6. The van der Waals surface area contributed by atoms with Crippen molar-refractivity contribution in [2.24, 2.45) is 5.92 Å². The van der Waals surface area contributed by atoms with Gasteiger partial charge in [-0.2, -0.15) is 0 Å². The molecule has 0 aliphatic carbocycles. The molecule has 2 amide bonds. The predicted octanol–water partition coefficient (Wildman–Crippen LogP) is 2.67. The Morgan fingerprint density at radius 2 is 1.74 bits per heavy atom. The number of thiophene rings is 1. The fourth-order valence-corrected chi connectivity index (χ4v) is 4.52. The van der Waals surface area contributed by atoms with Crippen LogP contribution >= 0.6 is 11.3 Å². The average molecular weight is 407 g/mol. The SMILES string of the molecule is CN(C(=O)C1CCN(C(=O)c2cccs2)CC1)c1ccc(S(C)(=O)=O)cc1. The Labute approximate surface area is 163 Å². The van der Waals surface area contributed by atoms with Crippen molar-refractivity contribution in [2.75, 3.05) is 31.3 Å². The Morgan fingerprint density at radius 1 is 1.11 bits per heavy atom. The van der Waals surface area contributed by atoms with Crippen LogP contribution in [0.4, 0.5) is 5.69 Å². The Balaban J connectivity index is 1.61. The minimum Gasteiger partial charge on any atom is -0.338 e. The first-order valence-electron chi connectivity index (χ1n) is 8.68. The molecule has 144 valence electrons. The van der Waals surface area contributed by atoms with Crippen LogP contribution in [0.2, 0.25) is 0 Å². The van der Waals surface area contributed by atoms with Crippen LogP contribution in [-0.4, -0.2) is 51.5 Å². The van der Waals surface area contributed by atoms with Gasteiger partial charge < -0.3 is 9.80 Å². The van der Waals surface area contributed by atoms with Gasteiger partial charge in [-0.25, -0.2) is 8.42 Å². The number of anilines is 1. The third-order valence-electron chi connectivity index (χ3n) is 4.85. The molecule has 0 bridgehead atoms. The van der Waals surface area contributed by atoms with Crippen LogP contribution < -0.4 is 4.90 Å². The van der Waals surface area contributed by atoms with Gasteiger partial charge in [-0.3, -0.25) is 9.59 Å². The Bertz CT molecular complexity index is 913. The quantitative estimate of drug-likeness (QED) is 0.782. The number of carbonyl (C=O) groups excluding carboxylic acids is 2. The molecule has 1 aromatic heterocycles. The van der Waals surface area contributed by atoms with E-state index in [0.717, 1.165) is 11.1 Å². The molecule has 1 saturated heterocycles. The predicted molar refractivity (Wildman–Crippen MR) is 106 cm³/mol. The van der Waals surface area contributed by atoms with Crippen LogP contribution in [0, 0.1) is 5.92 Å². The van der Waals surface area contributed by atoms with Gasteiger partial charge in [0.25, 0.3) is 5.91 Å².